The van der Waals surface area contributed by atoms with Gasteiger partial charge in [-0.1, -0.05) is 6.92 Å². The molecule has 0 bridgehead atoms. The van der Waals surface area contributed by atoms with Crippen LogP contribution in [0.2, 0.25) is 0 Å². The molecule has 0 aliphatic heterocycles. The van der Waals surface area contributed by atoms with Crippen LogP contribution in [0.4, 0.5) is 13.2 Å². The average Bonchev–Trinajstić information content (AvgIpc) is 2.00. The Kier molecular flexibility index (Phi) is 5.05. The summed E-state index contributed by atoms with van der Waals surface area (Å²) in [6, 6.07) is 0. The smallest absolute Gasteiger partial charge is 0.212 e. The van der Waals surface area contributed by atoms with Gasteiger partial charge in [0.15, 0.2) is 0 Å². The molecule has 0 heterocycles. The van der Waals surface area contributed by atoms with E-state index in [0.717, 1.165) is 0 Å². The lowest BCUT2D eigenvalue weighted by molar-refractivity contribution is -0.136. The first-order valence-corrected chi connectivity index (χ1v) is 6.17. The Labute approximate surface area is 88.3 Å². The molecule has 0 aromatic heterocycles. The lowest BCUT2D eigenvalue weighted by atomic mass is 10.5. The normalized spacial score (nSPS) is 13.9. The first-order chi connectivity index (χ1) is 6.61. The molecule has 0 aromatic rings. The van der Waals surface area contributed by atoms with Crippen LogP contribution in [0, 0.1) is 0 Å². The molecule has 0 atom stereocenters. The third-order valence-corrected chi connectivity index (χ3v) is 4.01. The van der Waals surface area contributed by atoms with Crippen molar-refractivity contribution in [3.63, 3.8) is 0 Å². The van der Waals surface area contributed by atoms with E-state index in [-0.39, 0.29) is 6.54 Å². The van der Waals surface area contributed by atoms with Gasteiger partial charge < -0.3 is 0 Å². The predicted molar refractivity (Wildman–Crippen MR) is 52.0 cm³/mol. The van der Waals surface area contributed by atoms with E-state index in [1.54, 1.807) is 6.92 Å². The Bertz CT molecular complexity index is 285. The third-order valence-electron chi connectivity index (χ3n) is 1.78. The zero-order valence-electron chi connectivity index (χ0n) is 9.00. The van der Waals surface area contributed by atoms with Crippen LogP contribution in [0.25, 0.3) is 0 Å². The second-order valence-corrected chi connectivity index (χ2v) is 6.03. The molecule has 0 amide bonds. The fourth-order valence-corrected chi connectivity index (χ4v) is 2.40. The zero-order chi connectivity index (χ0) is 12.3. The van der Waals surface area contributed by atoms with Crippen LogP contribution in [-0.2, 0) is 10.0 Å². The molecule has 0 aliphatic rings. The van der Waals surface area contributed by atoms with Crippen molar-refractivity contribution in [1.82, 2.24) is 4.31 Å². The van der Waals surface area contributed by atoms with Gasteiger partial charge in [0.25, 0.3) is 0 Å². The van der Waals surface area contributed by atoms with E-state index < -0.39 is 28.0 Å². The molecule has 0 aliphatic carbocycles. The summed E-state index contributed by atoms with van der Waals surface area (Å²) in [5.41, 5.74) is 0. The summed E-state index contributed by atoms with van der Waals surface area (Å²) >= 11 is 0. The second kappa shape index (κ2) is 5.16. The number of sulfonamides is 1. The van der Waals surface area contributed by atoms with E-state index >= 15 is 0 Å². The highest BCUT2D eigenvalue weighted by Gasteiger charge is 2.36. The van der Waals surface area contributed by atoms with Gasteiger partial charge in [-0.05, 0) is 20.3 Å². The average molecular weight is 247 g/mol. The van der Waals surface area contributed by atoms with Gasteiger partial charge in [0, 0.05) is 6.54 Å². The minimum Gasteiger partial charge on any atom is -0.212 e. The Balaban J connectivity index is 4.83. The number of rotatable bonds is 5. The molecule has 0 unspecified atom stereocenters. The molecule has 0 aromatic carbocycles. The van der Waals surface area contributed by atoms with Gasteiger partial charge >= 0.3 is 6.18 Å². The van der Waals surface area contributed by atoms with Crippen molar-refractivity contribution in [2.45, 2.75) is 38.6 Å². The van der Waals surface area contributed by atoms with Gasteiger partial charge in [0.1, 0.15) is 6.54 Å². The van der Waals surface area contributed by atoms with Crippen molar-refractivity contribution in [2.24, 2.45) is 0 Å². The van der Waals surface area contributed by atoms with E-state index in [1.807, 2.05) is 0 Å². The van der Waals surface area contributed by atoms with Crippen LogP contribution < -0.4 is 0 Å². The molecule has 7 heteroatoms. The highest BCUT2D eigenvalue weighted by atomic mass is 32.2. The summed E-state index contributed by atoms with van der Waals surface area (Å²) in [5.74, 6) is 0. The van der Waals surface area contributed by atoms with Gasteiger partial charge in [-0.15, -0.1) is 0 Å². The number of halogens is 3. The molecular weight excluding hydrogens is 231 g/mol. The molecule has 0 saturated carbocycles. The number of nitrogens with zero attached hydrogens (tertiary/aromatic N) is 1. The van der Waals surface area contributed by atoms with E-state index in [1.165, 1.54) is 13.8 Å². The predicted octanol–water partition coefficient (Wildman–Crippen LogP) is 2.00. The first kappa shape index (κ1) is 14.7. The van der Waals surface area contributed by atoms with E-state index in [9.17, 15) is 21.6 Å². The van der Waals surface area contributed by atoms with Crippen molar-refractivity contribution in [2.75, 3.05) is 13.1 Å². The number of hydrogen-bond acceptors (Lipinski definition) is 2. The summed E-state index contributed by atoms with van der Waals surface area (Å²) in [4.78, 5) is 0. The topological polar surface area (TPSA) is 37.4 Å². The quantitative estimate of drug-likeness (QED) is 0.745. The van der Waals surface area contributed by atoms with Crippen molar-refractivity contribution in [1.29, 1.82) is 0 Å². The Morgan fingerprint density at radius 1 is 1.27 bits per heavy atom. The molecule has 15 heavy (non-hydrogen) atoms. The van der Waals surface area contributed by atoms with Gasteiger partial charge in [0.2, 0.25) is 10.0 Å². The van der Waals surface area contributed by atoms with Crippen molar-refractivity contribution in [3.05, 3.63) is 0 Å². The fraction of sp³-hybridized carbons (Fsp3) is 1.00. The van der Waals surface area contributed by atoms with Crippen LogP contribution in [-0.4, -0.2) is 37.2 Å². The highest BCUT2D eigenvalue weighted by Crippen LogP contribution is 2.20. The summed E-state index contributed by atoms with van der Waals surface area (Å²) < 4.78 is 59.9. The van der Waals surface area contributed by atoms with Crippen LogP contribution in [0.1, 0.15) is 27.2 Å². The molecule has 0 radical (unpaired) electrons. The summed E-state index contributed by atoms with van der Waals surface area (Å²) in [5, 5.41) is -0.827. The number of alkyl halides is 3. The monoisotopic (exact) mass is 247 g/mol. The Morgan fingerprint density at radius 3 is 2.00 bits per heavy atom. The fourth-order valence-electron chi connectivity index (χ4n) is 1.04. The molecule has 3 nitrogen and oxygen atoms in total. The van der Waals surface area contributed by atoms with Crippen molar-refractivity contribution in [3.8, 4) is 0 Å². The Morgan fingerprint density at radius 2 is 1.73 bits per heavy atom. The minimum absolute atomic E-state index is 0.0972. The van der Waals surface area contributed by atoms with Crippen LogP contribution in [0.15, 0.2) is 0 Å². The molecule has 92 valence electrons. The molecule has 0 fully saturated rings. The van der Waals surface area contributed by atoms with Crippen molar-refractivity contribution >= 4 is 10.0 Å². The largest absolute Gasteiger partial charge is 0.402 e. The van der Waals surface area contributed by atoms with E-state index in [2.05, 4.69) is 0 Å². The van der Waals surface area contributed by atoms with Gasteiger partial charge in [-0.3, -0.25) is 0 Å². The molecule has 0 saturated heterocycles. The van der Waals surface area contributed by atoms with Crippen LogP contribution in [0.5, 0.6) is 0 Å². The maximum atomic E-state index is 12.1. The lowest BCUT2D eigenvalue weighted by Crippen LogP contribution is -2.42. The maximum Gasteiger partial charge on any atom is 0.402 e. The standard InChI is InChI=1S/C8H16F3NO2S/c1-4-5-12(6-8(9,10)11)15(13,14)7(2)3/h7H,4-6H2,1-3H3. The maximum absolute atomic E-state index is 12.1. The molecule has 0 N–H and O–H groups in total. The zero-order valence-corrected chi connectivity index (χ0v) is 9.82. The third kappa shape index (κ3) is 4.83. The van der Waals surface area contributed by atoms with Gasteiger partial charge in [-0.25, -0.2) is 8.42 Å². The van der Waals surface area contributed by atoms with Crippen LogP contribution in [0.3, 0.4) is 0 Å². The summed E-state index contributed by atoms with van der Waals surface area (Å²) in [6.45, 7) is 2.88. The summed E-state index contributed by atoms with van der Waals surface area (Å²) in [7, 11) is -3.82. The highest BCUT2D eigenvalue weighted by molar-refractivity contribution is 7.89. The van der Waals surface area contributed by atoms with E-state index in [0.29, 0.717) is 10.7 Å². The number of hydrogen-bond donors (Lipinski definition) is 0. The summed E-state index contributed by atoms with van der Waals surface area (Å²) in [6.07, 6.45) is -4.13. The Hall–Kier alpha value is -0.300. The lowest BCUT2D eigenvalue weighted by Gasteiger charge is -2.24. The van der Waals surface area contributed by atoms with E-state index in [4.69, 9.17) is 0 Å². The van der Waals surface area contributed by atoms with Crippen LogP contribution >= 0.6 is 0 Å². The second-order valence-electron chi connectivity index (χ2n) is 3.54. The molecular formula is C8H16F3NO2S. The first-order valence-electron chi connectivity index (χ1n) is 4.67. The molecule has 0 rings (SSSR count). The molecule has 0 spiro atoms. The van der Waals surface area contributed by atoms with Gasteiger partial charge in [0.05, 0.1) is 5.25 Å². The SMILES string of the molecule is CCCN(CC(F)(F)F)S(=O)(=O)C(C)C. The van der Waals surface area contributed by atoms with Gasteiger partial charge in [-0.2, -0.15) is 17.5 Å². The minimum atomic E-state index is -4.49. The van der Waals surface area contributed by atoms with Crippen molar-refractivity contribution < 1.29 is 21.6 Å².